The third-order valence-corrected chi connectivity index (χ3v) is 3.98. The zero-order valence-corrected chi connectivity index (χ0v) is 13.8. The molecular formula is C17H16ClN3O3. The molecule has 0 fully saturated rings. The van der Waals surface area contributed by atoms with Gasteiger partial charge in [-0.1, -0.05) is 29.8 Å². The molecule has 0 radical (unpaired) electrons. The average Bonchev–Trinajstić information content (AvgIpc) is 2.56. The number of urea groups is 1. The lowest BCUT2D eigenvalue weighted by molar-refractivity contribution is 0.101. The van der Waals surface area contributed by atoms with E-state index in [0.29, 0.717) is 35.3 Å². The van der Waals surface area contributed by atoms with E-state index in [1.165, 1.54) is 6.92 Å². The molecule has 1 aromatic carbocycles. The second-order valence-electron chi connectivity index (χ2n) is 5.41. The van der Waals surface area contributed by atoms with Crippen molar-refractivity contribution in [1.29, 1.82) is 0 Å². The summed E-state index contributed by atoms with van der Waals surface area (Å²) < 4.78 is 5.57. The number of amides is 2. The Kier molecular flexibility index (Phi) is 4.66. The number of fused-ring (bicyclic) bond motifs is 1. The van der Waals surface area contributed by atoms with Crippen molar-refractivity contribution in [3.63, 3.8) is 0 Å². The number of ether oxygens (including phenoxy) is 1. The van der Waals surface area contributed by atoms with Crippen molar-refractivity contribution in [3.05, 3.63) is 52.7 Å². The number of anilines is 1. The highest BCUT2D eigenvalue weighted by Crippen LogP contribution is 2.37. The Bertz CT molecular complexity index is 794. The molecular weight excluding hydrogens is 330 g/mol. The molecule has 0 aliphatic carbocycles. The number of carbonyl (C=O) groups is 2. The average molecular weight is 346 g/mol. The minimum Gasteiger partial charge on any atom is -0.492 e. The number of rotatable bonds is 3. The summed E-state index contributed by atoms with van der Waals surface area (Å²) in [5.41, 5.74) is 1.14. The van der Waals surface area contributed by atoms with Crippen molar-refractivity contribution in [2.24, 2.45) is 0 Å². The molecule has 7 heteroatoms. The molecule has 24 heavy (non-hydrogen) atoms. The van der Waals surface area contributed by atoms with Gasteiger partial charge in [0.2, 0.25) is 0 Å². The molecule has 2 amide bonds. The van der Waals surface area contributed by atoms with Crippen molar-refractivity contribution in [3.8, 4) is 5.75 Å². The predicted molar refractivity (Wildman–Crippen MR) is 90.7 cm³/mol. The van der Waals surface area contributed by atoms with Gasteiger partial charge in [-0.25, -0.2) is 9.78 Å². The predicted octanol–water partition coefficient (Wildman–Crippen LogP) is 3.58. The van der Waals surface area contributed by atoms with Crippen LogP contribution < -0.4 is 15.4 Å². The van der Waals surface area contributed by atoms with Gasteiger partial charge in [0.05, 0.1) is 17.7 Å². The third-order valence-electron chi connectivity index (χ3n) is 3.68. The quantitative estimate of drug-likeness (QED) is 0.833. The zero-order valence-electron chi connectivity index (χ0n) is 13.0. The van der Waals surface area contributed by atoms with Crippen molar-refractivity contribution >= 4 is 29.2 Å². The first-order valence-corrected chi connectivity index (χ1v) is 7.89. The third kappa shape index (κ3) is 3.49. The maximum absolute atomic E-state index is 12.2. The highest BCUT2D eigenvalue weighted by Gasteiger charge is 2.24. The van der Waals surface area contributed by atoms with E-state index >= 15 is 0 Å². The van der Waals surface area contributed by atoms with Crippen molar-refractivity contribution in [2.75, 3.05) is 11.9 Å². The first-order chi connectivity index (χ1) is 11.5. The number of pyridine rings is 1. The number of hydrogen-bond donors (Lipinski definition) is 2. The van der Waals surface area contributed by atoms with Gasteiger partial charge >= 0.3 is 6.03 Å². The first kappa shape index (κ1) is 16.3. The summed E-state index contributed by atoms with van der Waals surface area (Å²) in [5.74, 6) is 0.762. The van der Waals surface area contributed by atoms with E-state index < -0.39 is 6.03 Å². The van der Waals surface area contributed by atoms with Crippen LogP contribution in [-0.2, 0) is 0 Å². The highest BCUT2D eigenvalue weighted by atomic mass is 35.5. The fourth-order valence-electron chi connectivity index (χ4n) is 2.55. The van der Waals surface area contributed by atoms with Crippen LogP contribution in [0, 0.1) is 0 Å². The van der Waals surface area contributed by atoms with E-state index in [0.717, 1.165) is 5.56 Å². The maximum atomic E-state index is 12.2. The fourth-order valence-corrected chi connectivity index (χ4v) is 2.78. The lowest BCUT2D eigenvalue weighted by atomic mass is 10.0. The first-order valence-electron chi connectivity index (χ1n) is 7.51. The molecule has 2 aromatic rings. The van der Waals surface area contributed by atoms with Crippen LogP contribution in [0.25, 0.3) is 0 Å². The number of carbonyl (C=O) groups excluding carboxylic acids is 2. The van der Waals surface area contributed by atoms with Crippen molar-refractivity contribution in [1.82, 2.24) is 10.3 Å². The summed E-state index contributed by atoms with van der Waals surface area (Å²) in [6.45, 7) is 1.90. The van der Waals surface area contributed by atoms with Crippen LogP contribution >= 0.6 is 11.6 Å². The summed E-state index contributed by atoms with van der Waals surface area (Å²) in [6.07, 6.45) is 0.641. The van der Waals surface area contributed by atoms with Gasteiger partial charge in [-0.3, -0.25) is 10.1 Å². The van der Waals surface area contributed by atoms with E-state index in [9.17, 15) is 9.59 Å². The molecule has 1 atom stereocenters. The van der Waals surface area contributed by atoms with Crippen LogP contribution in [0.4, 0.5) is 10.6 Å². The Morgan fingerprint density at radius 2 is 2.04 bits per heavy atom. The second kappa shape index (κ2) is 6.88. The Labute approximate surface area is 144 Å². The summed E-state index contributed by atoms with van der Waals surface area (Å²) in [5, 5.41) is 6.05. The maximum Gasteiger partial charge on any atom is 0.320 e. The van der Waals surface area contributed by atoms with Crippen molar-refractivity contribution in [2.45, 2.75) is 19.4 Å². The van der Waals surface area contributed by atoms with Crippen LogP contribution in [0.15, 0.2) is 36.4 Å². The van der Waals surface area contributed by atoms with Crippen LogP contribution in [0.2, 0.25) is 5.02 Å². The van der Waals surface area contributed by atoms with Gasteiger partial charge in [0.1, 0.15) is 17.3 Å². The molecule has 0 spiro atoms. The number of para-hydroxylation sites is 1. The van der Waals surface area contributed by atoms with E-state index in [2.05, 4.69) is 15.6 Å². The lowest BCUT2D eigenvalue weighted by Gasteiger charge is -2.27. The normalized spacial score (nSPS) is 15.8. The molecule has 1 aromatic heterocycles. The zero-order chi connectivity index (χ0) is 17.1. The minimum atomic E-state index is -0.402. The summed E-state index contributed by atoms with van der Waals surface area (Å²) in [6, 6.07) is 9.73. The Morgan fingerprint density at radius 3 is 2.83 bits per heavy atom. The summed E-state index contributed by atoms with van der Waals surface area (Å²) in [7, 11) is 0. The number of nitrogens with zero attached hydrogens (tertiary/aromatic N) is 1. The highest BCUT2D eigenvalue weighted by molar-refractivity contribution is 6.32. The van der Waals surface area contributed by atoms with Crippen LogP contribution in [0.5, 0.6) is 5.75 Å². The van der Waals surface area contributed by atoms with Gasteiger partial charge in [0.25, 0.3) is 0 Å². The molecule has 2 heterocycles. The topological polar surface area (TPSA) is 80.3 Å². The Balaban J connectivity index is 1.71. The molecule has 6 nitrogen and oxygen atoms in total. The monoisotopic (exact) mass is 345 g/mol. The Morgan fingerprint density at radius 1 is 1.25 bits per heavy atom. The van der Waals surface area contributed by atoms with E-state index in [-0.39, 0.29) is 11.8 Å². The SMILES string of the molecule is CC(=O)c1cccc(NC(=O)N[C@H]2CCOc3c(Cl)cccc32)n1. The van der Waals surface area contributed by atoms with Gasteiger partial charge in [-0.15, -0.1) is 0 Å². The van der Waals surface area contributed by atoms with Gasteiger partial charge in [-0.2, -0.15) is 0 Å². The number of nitrogens with one attached hydrogen (secondary N) is 2. The molecule has 2 N–H and O–H groups in total. The number of aromatic nitrogens is 1. The fraction of sp³-hybridized carbons (Fsp3) is 0.235. The molecule has 3 rings (SSSR count). The smallest absolute Gasteiger partial charge is 0.320 e. The largest absolute Gasteiger partial charge is 0.492 e. The molecule has 1 aliphatic rings. The van der Waals surface area contributed by atoms with E-state index in [1.807, 2.05) is 12.1 Å². The number of hydrogen-bond acceptors (Lipinski definition) is 4. The molecule has 124 valence electrons. The molecule has 0 saturated carbocycles. The standard InChI is InChI=1S/C17H16ClN3O3/c1-10(22)13-6-3-7-15(19-13)21-17(23)20-14-8-9-24-16-11(14)4-2-5-12(16)18/h2-7,14H,8-9H2,1H3,(H2,19,20,21,23)/t14-/m0/s1. The number of Topliss-reactive ketones (excluding diaryl/α,β-unsaturated/α-hetero) is 1. The molecule has 0 saturated heterocycles. The number of halogens is 1. The molecule has 0 bridgehead atoms. The van der Waals surface area contributed by atoms with Gasteiger partial charge in [0.15, 0.2) is 5.78 Å². The van der Waals surface area contributed by atoms with E-state index in [4.69, 9.17) is 16.3 Å². The minimum absolute atomic E-state index is 0.160. The van der Waals surface area contributed by atoms with Crippen LogP contribution in [-0.4, -0.2) is 23.4 Å². The summed E-state index contributed by atoms with van der Waals surface area (Å²) >= 11 is 6.13. The van der Waals surface area contributed by atoms with Gasteiger partial charge < -0.3 is 10.1 Å². The molecule has 1 aliphatic heterocycles. The number of benzene rings is 1. The lowest BCUT2D eigenvalue weighted by Crippen LogP contribution is -2.35. The van der Waals surface area contributed by atoms with Gasteiger partial charge in [-0.05, 0) is 18.2 Å². The van der Waals surface area contributed by atoms with Crippen molar-refractivity contribution < 1.29 is 14.3 Å². The van der Waals surface area contributed by atoms with Crippen LogP contribution in [0.3, 0.4) is 0 Å². The second-order valence-corrected chi connectivity index (χ2v) is 5.82. The van der Waals surface area contributed by atoms with Gasteiger partial charge in [0, 0.05) is 18.9 Å². The Hall–Kier alpha value is -2.60. The van der Waals surface area contributed by atoms with E-state index in [1.54, 1.807) is 24.3 Å². The molecule has 0 unspecified atom stereocenters. The summed E-state index contributed by atoms with van der Waals surface area (Å²) in [4.78, 5) is 27.7. The number of ketones is 1. The van der Waals surface area contributed by atoms with Crippen LogP contribution in [0.1, 0.15) is 35.4 Å².